The topological polar surface area (TPSA) is 22.1 Å². The maximum absolute atomic E-state index is 11.9. The van der Waals surface area contributed by atoms with Crippen LogP contribution in [0, 0.1) is 10.5 Å². The van der Waals surface area contributed by atoms with Crippen LogP contribution in [0.2, 0.25) is 0 Å². The highest BCUT2D eigenvalue weighted by Crippen LogP contribution is 2.26. The van der Waals surface area contributed by atoms with E-state index in [0.29, 0.717) is 16.6 Å². The Morgan fingerprint density at radius 3 is 2.60 bits per heavy atom. The second-order valence-electron chi connectivity index (χ2n) is 2.72. The van der Waals surface area contributed by atoms with Gasteiger partial charge in [-0.25, -0.2) is 4.98 Å². The van der Waals surface area contributed by atoms with Gasteiger partial charge in [0.2, 0.25) is 5.88 Å². The van der Waals surface area contributed by atoms with Crippen molar-refractivity contribution in [3.05, 3.63) is 20.9 Å². The lowest BCUT2D eigenvalue weighted by Crippen LogP contribution is -2.18. The highest BCUT2D eigenvalue weighted by molar-refractivity contribution is 14.1. The van der Waals surface area contributed by atoms with Gasteiger partial charge in [0, 0.05) is 15.0 Å². The fourth-order valence-electron chi connectivity index (χ4n) is 0.950. The first kappa shape index (κ1) is 13.0. The third kappa shape index (κ3) is 3.78. The van der Waals surface area contributed by atoms with Crippen LogP contribution >= 0.6 is 38.5 Å². The molecule has 1 aromatic rings. The minimum atomic E-state index is -4.70. The molecule has 15 heavy (non-hydrogen) atoms. The zero-order chi connectivity index (χ0) is 11.6. The first-order valence-electron chi connectivity index (χ1n) is 3.81. The molecule has 0 aliphatic heterocycles. The van der Waals surface area contributed by atoms with Gasteiger partial charge in [0.05, 0.1) is 5.69 Å². The summed E-state index contributed by atoms with van der Waals surface area (Å²) < 4.78 is 40.4. The summed E-state index contributed by atoms with van der Waals surface area (Å²) in [5.74, 6) is -0.421. The molecule has 1 aromatic heterocycles. The molecule has 0 bridgehead atoms. The van der Waals surface area contributed by atoms with E-state index in [0.717, 1.165) is 3.57 Å². The van der Waals surface area contributed by atoms with Crippen molar-refractivity contribution in [2.24, 2.45) is 0 Å². The van der Waals surface area contributed by atoms with Crippen LogP contribution in [0.5, 0.6) is 5.88 Å². The van der Waals surface area contributed by atoms with E-state index in [1.165, 1.54) is 6.07 Å². The van der Waals surface area contributed by atoms with Crippen LogP contribution in [0.15, 0.2) is 6.07 Å². The highest BCUT2D eigenvalue weighted by Gasteiger charge is 2.32. The van der Waals surface area contributed by atoms with Gasteiger partial charge in [-0.2, -0.15) is 0 Å². The summed E-state index contributed by atoms with van der Waals surface area (Å²) in [4.78, 5) is 3.74. The molecule has 0 aromatic carbocycles. The Morgan fingerprint density at radius 2 is 2.13 bits per heavy atom. The maximum Gasteiger partial charge on any atom is 0.574 e. The Morgan fingerprint density at radius 1 is 1.53 bits per heavy atom. The van der Waals surface area contributed by atoms with Crippen LogP contribution in [0.25, 0.3) is 0 Å². The average Bonchev–Trinajstić information content (AvgIpc) is 2.08. The van der Waals surface area contributed by atoms with Crippen LogP contribution in [0.1, 0.15) is 11.3 Å². The summed E-state index contributed by atoms with van der Waals surface area (Å²) in [6.07, 6.45) is -4.70. The fourth-order valence-corrected chi connectivity index (χ4v) is 2.35. The molecule has 0 radical (unpaired) electrons. The molecule has 0 saturated heterocycles. The molecule has 0 saturated carbocycles. The van der Waals surface area contributed by atoms with E-state index in [4.69, 9.17) is 0 Å². The lowest BCUT2D eigenvalue weighted by atomic mass is 10.2. The summed E-state index contributed by atoms with van der Waals surface area (Å²) >= 11 is 5.18. The monoisotopic (exact) mass is 395 g/mol. The van der Waals surface area contributed by atoms with Crippen LogP contribution in [0.4, 0.5) is 13.2 Å². The maximum atomic E-state index is 11.9. The van der Waals surface area contributed by atoms with Crippen LogP contribution in [-0.4, -0.2) is 11.3 Å². The highest BCUT2D eigenvalue weighted by atomic mass is 127. The van der Waals surface area contributed by atoms with E-state index in [9.17, 15) is 13.2 Å². The number of hydrogen-bond donors (Lipinski definition) is 0. The first-order valence-corrected chi connectivity index (χ1v) is 6.01. The number of hydrogen-bond acceptors (Lipinski definition) is 2. The molecule has 0 atom stereocenters. The van der Waals surface area contributed by atoms with Gasteiger partial charge in [0.25, 0.3) is 0 Å². The Balaban J connectivity index is 3.06. The standard InChI is InChI=1S/C8H6BrF3INO/c1-4-2-6(15-8(10,11)12)14-5(3-9)7(4)13/h2H,3H2,1H3. The summed E-state index contributed by atoms with van der Waals surface area (Å²) in [5, 5.41) is 0.390. The smallest absolute Gasteiger partial charge is 0.388 e. The van der Waals surface area contributed by atoms with Crippen molar-refractivity contribution in [3.63, 3.8) is 0 Å². The second kappa shape index (κ2) is 4.86. The summed E-state index contributed by atoms with van der Waals surface area (Å²) in [5.41, 5.74) is 1.24. The predicted molar refractivity (Wildman–Crippen MR) is 61.0 cm³/mol. The summed E-state index contributed by atoms with van der Waals surface area (Å²) in [6.45, 7) is 1.71. The number of aryl methyl sites for hydroxylation is 1. The van der Waals surface area contributed by atoms with Crippen molar-refractivity contribution in [1.29, 1.82) is 0 Å². The number of rotatable bonds is 2. The van der Waals surface area contributed by atoms with Crippen molar-refractivity contribution in [2.45, 2.75) is 18.6 Å². The number of alkyl halides is 4. The zero-order valence-electron chi connectivity index (χ0n) is 7.53. The van der Waals surface area contributed by atoms with E-state index < -0.39 is 12.2 Å². The van der Waals surface area contributed by atoms with Crippen LogP contribution in [0.3, 0.4) is 0 Å². The van der Waals surface area contributed by atoms with Gasteiger partial charge >= 0.3 is 6.36 Å². The number of aromatic nitrogens is 1. The molecule has 1 heterocycles. The molecule has 0 fully saturated rings. The Kier molecular flexibility index (Phi) is 4.21. The molecule has 84 valence electrons. The Bertz CT molecular complexity index is 370. The van der Waals surface area contributed by atoms with Crippen molar-refractivity contribution in [2.75, 3.05) is 0 Å². The van der Waals surface area contributed by atoms with Gasteiger partial charge in [-0.15, -0.1) is 13.2 Å². The Labute approximate surface area is 106 Å². The molecular formula is C8H6BrF3INO. The molecule has 1 rings (SSSR count). The third-order valence-corrected chi connectivity index (χ3v) is 3.54. The fraction of sp³-hybridized carbons (Fsp3) is 0.375. The van der Waals surface area contributed by atoms with E-state index in [2.05, 4.69) is 25.7 Å². The molecule has 0 N–H and O–H groups in total. The number of nitrogens with zero attached hydrogens (tertiary/aromatic N) is 1. The normalized spacial score (nSPS) is 11.6. The first-order chi connectivity index (χ1) is 6.83. The molecular weight excluding hydrogens is 390 g/mol. The van der Waals surface area contributed by atoms with E-state index >= 15 is 0 Å². The lowest BCUT2D eigenvalue weighted by molar-refractivity contribution is -0.276. The van der Waals surface area contributed by atoms with Gasteiger partial charge in [-0.1, -0.05) is 15.9 Å². The largest absolute Gasteiger partial charge is 0.574 e. The summed E-state index contributed by atoms with van der Waals surface area (Å²) in [6, 6.07) is 1.27. The number of ether oxygens (including phenoxy) is 1. The quantitative estimate of drug-likeness (QED) is 0.561. The van der Waals surface area contributed by atoms with Crippen molar-refractivity contribution in [3.8, 4) is 5.88 Å². The van der Waals surface area contributed by atoms with Crippen molar-refractivity contribution in [1.82, 2.24) is 4.98 Å². The minimum absolute atomic E-state index is 0.390. The van der Waals surface area contributed by atoms with E-state index in [1.807, 2.05) is 22.6 Å². The SMILES string of the molecule is Cc1cc(OC(F)(F)F)nc(CBr)c1I. The zero-order valence-corrected chi connectivity index (χ0v) is 11.3. The van der Waals surface area contributed by atoms with Crippen LogP contribution < -0.4 is 4.74 Å². The summed E-state index contributed by atoms with van der Waals surface area (Å²) in [7, 11) is 0. The van der Waals surface area contributed by atoms with Gasteiger partial charge in [-0.3, -0.25) is 0 Å². The van der Waals surface area contributed by atoms with E-state index in [-0.39, 0.29) is 0 Å². The van der Waals surface area contributed by atoms with Gasteiger partial charge in [-0.05, 0) is 35.1 Å². The van der Waals surface area contributed by atoms with Gasteiger partial charge < -0.3 is 4.74 Å². The van der Waals surface area contributed by atoms with E-state index in [1.54, 1.807) is 6.92 Å². The van der Waals surface area contributed by atoms with Crippen molar-refractivity contribution < 1.29 is 17.9 Å². The molecule has 0 aliphatic rings. The molecule has 2 nitrogen and oxygen atoms in total. The Hall–Kier alpha value is -0.0500. The molecule has 0 amide bonds. The second-order valence-corrected chi connectivity index (χ2v) is 4.36. The van der Waals surface area contributed by atoms with Crippen LogP contribution in [-0.2, 0) is 5.33 Å². The van der Waals surface area contributed by atoms with Crippen molar-refractivity contribution >= 4 is 38.5 Å². The number of pyridine rings is 1. The molecule has 0 unspecified atom stereocenters. The number of halogens is 5. The lowest BCUT2D eigenvalue weighted by Gasteiger charge is -2.11. The molecule has 0 spiro atoms. The minimum Gasteiger partial charge on any atom is -0.388 e. The molecule has 7 heteroatoms. The molecule has 0 aliphatic carbocycles. The van der Waals surface area contributed by atoms with Gasteiger partial charge in [0.1, 0.15) is 0 Å². The van der Waals surface area contributed by atoms with Gasteiger partial charge in [0.15, 0.2) is 0 Å². The third-order valence-electron chi connectivity index (χ3n) is 1.53. The predicted octanol–water partition coefficient (Wildman–Crippen LogP) is 3.79. The average molecular weight is 396 g/mol.